The smallest absolute Gasteiger partial charge is 0.265 e. The number of rotatable bonds is 6. The number of pyridine rings is 1. The first kappa shape index (κ1) is 23.9. The van der Waals surface area contributed by atoms with Crippen molar-refractivity contribution in [3.8, 4) is 28.8 Å². The lowest BCUT2D eigenvalue weighted by Gasteiger charge is -2.15. The molecule has 3 aromatic carbocycles. The molecule has 2 heterocycles. The third-order valence-corrected chi connectivity index (χ3v) is 6.15. The van der Waals surface area contributed by atoms with Gasteiger partial charge in [0.1, 0.15) is 0 Å². The second-order valence-electron chi connectivity index (χ2n) is 8.61. The van der Waals surface area contributed by atoms with Crippen LogP contribution in [-0.4, -0.2) is 39.9 Å². The summed E-state index contributed by atoms with van der Waals surface area (Å²) in [5.41, 5.74) is 3.29. The number of ether oxygens (including phenoxy) is 2. The molecule has 0 fully saturated rings. The highest BCUT2D eigenvalue weighted by Crippen LogP contribution is 2.32. The van der Waals surface area contributed by atoms with Crippen LogP contribution in [0.2, 0.25) is 0 Å². The largest absolute Gasteiger partial charge is 0.494 e. The molecule has 186 valence electrons. The van der Waals surface area contributed by atoms with Crippen LogP contribution in [0.3, 0.4) is 0 Å². The SMILES string of the molecule is COc1ccc(-n2c(O)c(C=Nc3cc(C)nn3-c3ccc(C)cc3)c3ccccc3c2=O)cc1OC. The average molecular weight is 495 g/mol. The fraction of sp³-hybridized carbons (Fsp3) is 0.138. The van der Waals surface area contributed by atoms with Gasteiger partial charge in [0, 0.05) is 29.1 Å². The first-order valence-electron chi connectivity index (χ1n) is 11.7. The molecule has 0 spiro atoms. The summed E-state index contributed by atoms with van der Waals surface area (Å²) < 4.78 is 13.7. The van der Waals surface area contributed by atoms with Crippen LogP contribution in [0.4, 0.5) is 5.82 Å². The van der Waals surface area contributed by atoms with Crippen molar-refractivity contribution in [3.63, 3.8) is 0 Å². The molecule has 8 nitrogen and oxygen atoms in total. The number of benzene rings is 3. The van der Waals surface area contributed by atoms with Gasteiger partial charge in [-0.05, 0) is 44.2 Å². The van der Waals surface area contributed by atoms with Gasteiger partial charge in [0.15, 0.2) is 17.3 Å². The Kier molecular flexibility index (Phi) is 6.23. The van der Waals surface area contributed by atoms with E-state index in [9.17, 15) is 9.90 Å². The molecular weight excluding hydrogens is 468 g/mol. The lowest BCUT2D eigenvalue weighted by Crippen LogP contribution is -2.20. The summed E-state index contributed by atoms with van der Waals surface area (Å²) in [7, 11) is 3.05. The number of methoxy groups -OCH3 is 2. The van der Waals surface area contributed by atoms with Gasteiger partial charge in [-0.15, -0.1) is 0 Å². The van der Waals surface area contributed by atoms with Crippen LogP contribution >= 0.6 is 0 Å². The molecule has 0 unspecified atom stereocenters. The van der Waals surface area contributed by atoms with E-state index in [1.54, 1.807) is 47.3 Å². The number of fused-ring (bicyclic) bond motifs is 1. The standard InChI is InChI=1S/C29H26N4O4/c1-18-9-11-20(12-10-18)33-27(15-19(2)31-33)30-17-24-22-7-5-6-8-23(22)28(34)32(29(24)35)21-13-14-25(36-3)26(16-21)37-4/h5-17,35H,1-4H3. The Balaban J connectivity index is 1.69. The van der Waals surface area contributed by atoms with Gasteiger partial charge in [-0.1, -0.05) is 35.9 Å². The number of aromatic nitrogens is 3. The van der Waals surface area contributed by atoms with Crippen molar-refractivity contribution in [2.45, 2.75) is 13.8 Å². The van der Waals surface area contributed by atoms with E-state index in [1.165, 1.54) is 18.8 Å². The zero-order valence-electron chi connectivity index (χ0n) is 21.0. The highest BCUT2D eigenvalue weighted by Gasteiger charge is 2.18. The van der Waals surface area contributed by atoms with E-state index in [0.717, 1.165) is 16.9 Å². The molecule has 0 amide bonds. The zero-order valence-corrected chi connectivity index (χ0v) is 21.0. The molecule has 0 bridgehead atoms. The lowest BCUT2D eigenvalue weighted by atomic mass is 10.1. The second-order valence-corrected chi connectivity index (χ2v) is 8.61. The number of aryl methyl sites for hydroxylation is 2. The van der Waals surface area contributed by atoms with Crippen LogP contribution < -0.4 is 15.0 Å². The summed E-state index contributed by atoms with van der Waals surface area (Å²) >= 11 is 0. The summed E-state index contributed by atoms with van der Waals surface area (Å²) in [5, 5.41) is 17.0. The Bertz CT molecular complexity index is 1700. The van der Waals surface area contributed by atoms with E-state index in [0.29, 0.717) is 39.3 Å². The van der Waals surface area contributed by atoms with Gasteiger partial charge in [-0.3, -0.25) is 4.79 Å². The van der Waals surface area contributed by atoms with Crippen molar-refractivity contribution in [2.75, 3.05) is 14.2 Å². The Morgan fingerprint density at radius 1 is 0.865 bits per heavy atom. The van der Waals surface area contributed by atoms with Crippen LogP contribution in [0.1, 0.15) is 16.8 Å². The molecular formula is C29H26N4O4. The van der Waals surface area contributed by atoms with E-state index in [4.69, 9.17) is 9.47 Å². The first-order valence-corrected chi connectivity index (χ1v) is 11.7. The van der Waals surface area contributed by atoms with E-state index in [2.05, 4.69) is 10.1 Å². The summed E-state index contributed by atoms with van der Waals surface area (Å²) in [4.78, 5) is 18.2. The van der Waals surface area contributed by atoms with Gasteiger partial charge in [0.25, 0.3) is 5.56 Å². The van der Waals surface area contributed by atoms with Crippen molar-refractivity contribution in [3.05, 3.63) is 100.0 Å². The third kappa shape index (κ3) is 4.33. The second kappa shape index (κ2) is 9.66. The lowest BCUT2D eigenvalue weighted by molar-refractivity contribution is 0.354. The summed E-state index contributed by atoms with van der Waals surface area (Å²) in [5.74, 6) is 1.31. The Morgan fingerprint density at radius 2 is 1.54 bits per heavy atom. The van der Waals surface area contributed by atoms with Crippen LogP contribution in [0.15, 0.2) is 82.6 Å². The van der Waals surface area contributed by atoms with Gasteiger partial charge in [0.05, 0.1) is 36.9 Å². The molecule has 0 aliphatic rings. The summed E-state index contributed by atoms with van der Waals surface area (Å²) in [6.45, 7) is 3.92. The number of nitrogens with zero attached hydrogens (tertiary/aromatic N) is 4. The maximum atomic E-state index is 13.5. The topological polar surface area (TPSA) is 90.9 Å². The van der Waals surface area contributed by atoms with E-state index < -0.39 is 0 Å². The average Bonchev–Trinajstić information content (AvgIpc) is 3.29. The van der Waals surface area contributed by atoms with E-state index in [1.807, 2.05) is 50.2 Å². The van der Waals surface area contributed by atoms with Crippen molar-refractivity contribution in [1.29, 1.82) is 0 Å². The number of aromatic hydroxyl groups is 1. The number of hydrogen-bond donors (Lipinski definition) is 1. The van der Waals surface area contributed by atoms with Crippen LogP contribution in [0, 0.1) is 13.8 Å². The normalized spacial score (nSPS) is 11.4. The molecule has 0 atom stereocenters. The van der Waals surface area contributed by atoms with Crippen molar-refractivity contribution < 1.29 is 14.6 Å². The first-order chi connectivity index (χ1) is 17.9. The Hall–Kier alpha value is -4.85. The van der Waals surface area contributed by atoms with Gasteiger partial charge in [0.2, 0.25) is 5.88 Å². The molecule has 1 N–H and O–H groups in total. The quantitative estimate of drug-likeness (QED) is 0.325. The number of aliphatic imine (C=N–C) groups is 1. The molecule has 8 heteroatoms. The molecule has 37 heavy (non-hydrogen) atoms. The molecule has 0 radical (unpaired) electrons. The fourth-order valence-corrected chi connectivity index (χ4v) is 4.28. The molecule has 0 saturated carbocycles. The van der Waals surface area contributed by atoms with Gasteiger partial charge < -0.3 is 14.6 Å². The van der Waals surface area contributed by atoms with E-state index in [-0.39, 0.29) is 11.4 Å². The van der Waals surface area contributed by atoms with Crippen molar-refractivity contribution in [1.82, 2.24) is 14.3 Å². The molecule has 0 saturated heterocycles. The molecule has 5 rings (SSSR count). The molecule has 2 aromatic heterocycles. The minimum absolute atomic E-state index is 0.238. The predicted molar refractivity (Wildman–Crippen MR) is 145 cm³/mol. The monoisotopic (exact) mass is 494 g/mol. The minimum Gasteiger partial charge on any atom is -0.494 e. The van der Waals surface area contributed by atoms with E-state index >= 15 is 0 Å². The van der Waals surface area contributed by atoms with Gasteiger partial charge >= 0.3 is 0 Å². The molecule has 5 aromatic rings. The van der Waals surface area contributed by atoms with Crippen molar-refractivity contribution >= 4 is 22.8 Å². The zero-order chi connectivity index (χ0) is 26.1. The van der Waals surface area contributed by atoms with Crippen molar-refractivity contribution in [2.24, 2.45) is 4.99 Å². The maximum Gasteiger partial charge on any atom is 0.265 e. The van der Waals surface area contributed by atoms with Crippen LogP contribution in [0.25, 0.3) is 22.1 Å². The van der Waals surface area contributed by atoms with Crippen LogP contribution in [0.5, 0.6) is 17.4 Å². The molecule has 0 aliphatic carbocycles. The highest BCUT2D eigenvalue weighted by atomic mass is 16.5. The predicted octanol–water partition coefficient (Wildman–Crippen LogP) is 5.27. The number of hydrogen-bond acceptors (Lipinski definition) is 6. The van der Waals surface area contributed by atoms with Gasteiger partial charge in [-0.25, -0.2) is 14.2 Å². The Morgan fingerprint density at radius 3 is 2.24 bits per heavy atom. The minimum atomic E-state index is -0.363. The summed E-state index contributed by atoms with van der Waals surface area (Å²) in [6, 6.07) is 22.0. The maximum absolute atomic E-state index is 13.5. The van der Waals surface area contributed by atoms with Gasteiger partial charge in [-0.2, -0.15) is 5.10 Å². The highest BCUT2D eigenvalue weighted by molar-refractivity contribution is 6.02. The van der Waals surface area contributed by atoms with Crippen LogP contribution in [-0.2, 0) is 0 Å². The third-order valence-electron chi connectivity index (χ3n) is 6.15. The molecule has 0 aliphatic heterocycles. The summed E-state index contributed by atoms with van der Waals surface area (Å²) in [6.07, 6.45) is 1.56. The fourth-order valence-electron chi connectivity index (χ4n) is 4.28. The Labute approximate surface area is 213 Å².